The molecule has 5 rings (SSSR count). The van der Waals surface area contributed by atoms with Crippen LogP contribution in [0.5, 0.6) is 11.5 Å². The predicted octanol–water partition coefficient (Wildman–Crippen LogP) is 4.83. The highest BCUT2D eigenvalue weighted by atomic mass is 32.1. The fourth-order valence-electron chi connectivity index (χ4n) is 3.96. The summed E-state index contributed by atoms with van der Waals surface area (Å²) in [5, 5.41) is 0.853. The Labute approximate surface area is 173 Å². The Kier molecular flexibility index (Phi) is 4.94. The molecule has 0 bridgehead atoms. The van der Waals surface area contributed by atoms with E-state index < -0.39 is 0 Å². The van der Waals surface area contributed by atoms with E-state index in [9.17, 15) is 4.79 Å². The molecule has 0 saturated carbocycles. The van der Waals surface area contributed by atoms with Crippen LogP contribution in [0.1, 0.15) is 35.9 Å². The molecule has 1 saturated heterocycles. The molecule has 29 heavy (non-hydrogen) atoms. The molecule has 1 fully saturated rings. The van der Waals surface area contributed by atoms with Gasteiger partial charge >= 0.3 is 0 Å². The number of thiazole rings is 1. The van der Waals surface area contributed by atoms with E-state index in [-0.39, 0.29) is 11.9 Å². The summed E-state index contributed by atoms with van der Waals surface area (Å²) in [6, 6.07) is 14.1. The molecule has 3 heterocycles. The van der Waals surface area contributed by atoms with E-state index in [1.165, 1.54) is 0 Å². The molecule has 1 aromatic heterocycles. The first-order valence-corrected chi connectivity index (χ1v) is 10.8. The summed E-state index contributed by atoms with van der Waals surface area (Å²) < 4.78 is 12.7. The first-order valence-electron chi connectivity index (χ1n) is 10.0. The van der Waals surface area contributed by atoms with Crippen molar-refractivity contribution < 1.29 is 14.3 Å². The predicted molar refractivity (Wildman–Crippen MR) is 114 cm³/mol. The van der Waals surface area contributed by atoms with Gasteiger partial charge in [-0.1, -0.05) is 18.2 Å². The average Bonchev–Trinajstić information content (AvgIpc) is 3.33. The maximum atomic E-state index is 12.9. The molecular weight excluding hydrogens is 384 g/mol. The van der Waals surface area contributed by atoms with Crippen molar-refractivity contribution >= 4 is 33.5 Å². The van der Waals surface area contributed by atoms with Crippen LogP contribution in [0.25, 0.3) is 16.3 Å². The van der Waals surface area contributed by atoms with Gasteiger partial charge in [0.25, 0.3) is 0 Å². The zero-order valence-corrected chi connectivity index (χ0v) is 16.9. The standard InChI is InChI=1S/C23H22N2O3S/c26-23(11-10-22-24-17-5-1-2-7-21(17)29-22)25-12-3-6-18(25)16-8-9-19-20(15-16)28-14-4-13-27-19/h1-2,5,7-11,15,18H,3-4,6,12-14H2. The van der Waals surface area contributed by atoms with Crippen LogP contribution in [0.2, 0.25) is 0 Å². The number of hydrogen-bond donors (Lipinski definition) is 0. The zero-order valence-electron chi connectivity index (χ0n) is 16.0. The second-order valence-electron chi connectivity index (χ2n) is 7.30. The van der Waals surface area contributed by atoms with Gasteiger partial charge in [0.2, 0.25) is 5.91 Å². The van der Waals surface area contributed by atoms with E-state index in [0.717, 1.165) is 58.1 Å². The van der Waals surface area contributed by atoms with Crippen LogP contribution in [-0.2, 0) is 4.79 Å². The highest BCUT2D eigenvalue weighted by Gasteiger charge is 2.29. The summed E-state index contributed by atoms with van der Waals surface area (Å²) in [6.07, 6.45) is 6.32. The molecule has 2 aliphatic heterocycles. The number of carbonyl (C=O) groups excluding carboxylic acids is 1. The molecule has 6 heteroatoms. The number of likely N-dealkylation sites (tertiary alicyclic amines) is 1. The fourth-order valence-corrected chi connectivity index (χ4v) is 4.83. The van der Waals surface area contributed by atoms with E-state index in [1.54, 1.807) is 17.4 Å². The third-order valence-corrected chi connectivity index (χ3v) is 6.37. The smallest absolute Gasteiger partial charge is 0.247 e. The molecule has 3 aromatic rings. The highest BCUT2D eigenvalue weighted by molar-refractivity contribution is 7.19. The first kappa shape index (κ1) is 18.2. The number of ether oxygens (including phenoxy) is 2. The third-order valence-electron chi connectivity index (χ3n) is 5.37. The molecule has 0 N–H and O–H groups in total. The molecule has 0 spiro atoms. The van der Waals surface area contributed by atoms with E-state index >= 15 is 0 Å². The van der Waals surface area contributed by atoms with Gasteiger partial charge in [0, 0.05) is 19.0 Å². The van der Waals surface area contributed by atoms with Gasteiger partial charge in [-0.05, 0) is 48.7 Å². The molecule has 1 unspecified atom stereocenters. The van der Waals surface area contributed by atoms with Crippen molar-refractivity contribution in [1.82, 2.24) is 9.88 Å². The van der Waals surface area contributed by atoms with Gasteiger partial charge in [-0.15, -0.1) is 11.3 Å². The topological polar surface area (TPSA) is 51.7 Å². The Bertz CT molecular complexity index is 1040. The second-order valence-corrected chi connectivity index (χ2v) is 8.36. The van der Waals surface area contributed by atoms with Crippen LogP contribution in [-0.4, -0.2) is 35.5 Å². The number of hydrogen-bond acceptors (Lipinski definition) is 5. The van der Waals surface area contributed by atoms with Crippen LogP contribution in [0.15, 0.2) is 48.5 Å². The normalized spacial score (nSPS) is 19.0. The lowest BCUT2D eigenvalue weighted by Gasteiger charge is -2.24. The summed E-state index contributed by atoms with van der Waals surface area (Å²) in [7, 11) is 0. The molecule has 2 aliphatic rings. The summed E-state index contributed by atoms with van der Waals surface area (Å²) >= 11 is 1.60. The van der Waals surface area contributed by atoms with Crippen LogP contribution in [0, 0.1) is 0 Å². The molecule has 0 aliphatic carbocycles. The average molecular weight is 407 g/mol. The number of nitrogens with zero attached hydrogens (tertiary/aromatic N) is 2. The van der Waals surface area contributed by atoms with Crippen LogP contribution in [0.4, 0.5) is 0 Å². The molecule has 5 nitrogen and oxygen atoms in total. The quantitative estimate of drug-likeness (QED) is 0.585. The monoisotopic (exact) mass is 406 g/mol. The SMILES string of the molecule is O=C(C=Cc1nc2ccccc2s1)N1CCCC1c1ccc2c(c1)OCCCO2. The van der Waals surface area contributed by atoms with Crippen LogP contribution >= 0.6 is 11.3 Å². The van der Waals surface area contributed by atoms with Crippen molar-refractivity contribution in [2.45, 2.75) is 25.3 Å². The van der Waals surface area contributed by atoms with Gasteiger partial charge in [0.05, 0.1) is 29.5 Å². The van der Waals surface area contributed by atoms with Crippen molar-refractivity contribution in [1.29, 1.82) is 0 Å². The molecule has 1 atom stereocenters. The number of para-hydroxylation sites is 1. The third kappa shape index (κ3) is 3.72. The summed E-state index contributed by atoms with van der Waals surface area (Å²) in [4.78, 5) is 19.4. The van der Waals surface area contributed by atoms with E-state index in [2.05, 4.69) is 11.1 Å². The lowest BCUT2D eigenvalue weighted by molar-refractivity contribution is -0.126. The molecule has 0 radical (unpaired) electrons. The van der Waals surface area contributed by atoms with Gasteiger partial charge in [-0.2, -0.15) is 0 Å². The van der Waals surface area contributed by atoms with E-state index in [1.807, 2.05) is 47.4 Å². The Morgan fingerprint density at radius 1 is 1.10 bits per heavy atom. The largest absolute Gasteiger partial charge is 0.490 e. The van der Waals surface area contributed by atoms with Gasteiger partial charge in [-0.3, -0.25) is 4.79 Å². The number of benzene rings is 2. The van der Waals surface area contributed by atoms with E-state index in [4.69, 9.17) is 9.47 Å². The Morgan fingerprint density at radius 3 is 2.86 bits per heavy atom. The maximum absolute atomic E-state index is 12.9. The van der Waals surface area contributed by atoms with Crippen molar-refractivity contribution in [2.24, 2.45) is 0 Å². The molecule has 148 valence electrons. The lowest BCUT2D eigenvalue weighted by atomic mass is 10.0. The minimum atomic E-state index is 0.0267. The van der Waals surface area contributed by atoms with Crippen LogP contribution < -0.4 is 9.47 Å². The van der Waals surface area contributed by atoms with Crippen LogP contribution in [0.3, 0.4) is 0 Å². The molecule has 2 aromatic carbocycles. The number of aromatic nitrogens is 1. The lowest BCUT2D eigenvalue weighted by Crippen LogP contribution is -2.28. The number of carbonyl (C=O) groups is 1. The number of fused-ring (bicyclic) bond motifs is 2. The van der Waals surface area contributed by atoms with Gasteiger partial charge in [0.1, 0.15) is 5.01 Å². The van der Waals surface area contributed by atoms with Crippen molar-refractivity contribution in [2.75, 3.05) is 19.8 Å². The van der Waals surface area contributed by atoms with Crippen molar-refractivity contribution in [3.63, 3.8) is 0 Å². The Balaban J connectivity index is 1.34. The van der Waals surface area contributed by atoms with Gasteiger partial charge in [-0.25, -0.2) is 4.98 Å². The maximum Gasteiger partial charge on any atom is 0.247 e. The summed E-state index contributed by atoms with van der Waals surface area (Å²) in [5.74, 6) is 1.60. The second kappa shape index (κ2) is 7.87. The van der Waals surface area contributed by atoms with Crippen molar-refractivity contribution in [3.8, 4) is 11.5 Å². The highest BCUT2D eigenvalue weighted by Crippen LogP contribution is 2.38. The van der Waals surface area contributed by atoms with Gasteiger partial charge in [0.15, 0.2) is 11.5 Å². The van der Waals surface area contributed by atoms with Crippen molar-refractivity contribution in [3.05, 3.63) is 59.1 Å². The van der Waals surface area contributed by atoms with Gasteiger partial charge < -0.3 is 14.4 Å². The minimum absolute atomic E-state index is 0.0267. The van der Waals surface area contributed by atoms with E-state index in [0.29, 0.717) is 13.2 Å². The number of rotatable bonds is 3. The molecular formula is C23H22N2O3S. The number of amides is 1. The summed E-state index contributed by atoms with van der Waals surface area (Å²) in [6.45, 7) is 2.10. The summed E-state index contributed by atoms with van der Waals surface area (Å²) in [5.41, 5.74) is 2.07. The zero-order chi connectivity index (χ0) is 19.6. The first-order chi connectivity index (χ1) is 14.3. The Morgan fingerprint density at radius 2 is 1.97 bits per heavy atom. The fraction of sp³-hybridized carbons (Fsp3) is 0.304. The molecule has 1 amide bonds. The minimum Gasteiger partial charge on any atom is -0.490 e. The Hall–Kier alpha value is -2.86.